The monoisotopic (exact) mass is 262 g/mol. The molecule has 3 rings (SSSR count). The highest BCUT2D eigenvalue weighted by Gasteiger charge is 2.41. The zero-order chi connectivity index (χ0) is 12.6. The lowest BCUT2D eigenvalue weighted by Gasteiger charge is -2.24. The summed E-state index contributed by atoms with van der Waals surface area (Å²) in [4.78, 5) is 6.56. The van der Waals surface area contributed by atoms with Crippen molar-refractivity contribution >= 4 is 17.4 Å². The summed E-state index contributed by atoms with van der Waals surface area (Å²) >= 11 is 6.24. The number of hydrogen-bond acceptors (Lipinski definition) is 4. The molecule has 1 aromatic rings. The van der Waals surface area contributed by atoms with E-state index in [-0.39, 0.29) is 0 Å². The van der Waals surface area contributed by atoms with Crippen LogP contribution >= 0.6 is 11.6 Å². The highest BCUT2D eigenvalue weighted by molar-refractivity contribution is 6.34. The summed E-state index contributed by atoms with van der Waals surface area (Å²) in [5.41, 5.74) is 0.889. The minimum Gasteiger partial charge on any atom is -0.355 e. The summed E-state index contributed by atoms with van der Waals surface area (Å²) in [5.74, 6) is 0.763. The molecule has 0 saturated carbocycles. The second-order valence-electron chi connectivity index (χ2n) is 5.21. The Balaban J connectivity index is 1.87. The molecule has 1 unspecified atom stereocenters. The Hall–Kier alpha value is -1.31. The number of halogens is 1. The minimum absolute atomic E-state index is 0.383. The molecule has 3 heterocycles. The lowest BCUT2D eigenvalue weighted by Crippen LogP contribution is -2.29. The van der Waals surface area contributed by atoms with Gasteiger partial charge in [0.1, 0.15) is 16.9 Å². The van der Waals surface area contributed by atoms with E-state index >= 15 is 0 Å². The Morgan fingerprint density at radius 2 is 2.39 bits per heavy atom. The quantitative estimate of drug-likeness (QED) is 0.839. The Labute approximate surface area is 112 Å². The van der Waals surface area contributed by atoms with Gasteiger partial charge in [-0.3, -0.25) is 0 Å². The average Bonchev–Trinajstić information content (AvgIpc) is 3.01. The molecule has 4 nitrogen and oxygen atoms in total. The van der Waals surface area contributed by atoms with E-state index in [0.29, 0.717) is 16.0 Å². The second kappa shape index (κ2) is 4.42. The zero-order valence-electron chi connectivity index (χ0n) is 10.1. The summed E-state index contributed by atoms with van der Waals surface area (Å²) in [6.45, 7) is 4.15. The van der Waals surface area contributed by atoms with Gasteiger partial charge in [0.2, 0.25) is 0 Å². The fourth-order valence-electron chi connectivity index (χ4n) is 3.00. The number of anilines is 1. The molecule has 0 radical (unpaired) electrons. The number of nitrogens with zero attached hydrogens (tertiary/aromatic N) is 3. The number of nitriles is 1. The van der Waals surface area contributed by atoms with Gasteiger partial charge in [-0.25, -0.2) is 4.98 Å². The first kappa shape index (κ1) is 11.8. The maximum Gasteiger partial charge on any atom is 0.148 e. The van der Waals surface area contributed by atoms with Gasteiger partial charge >= 0.3 is 0 Å². The van der Waals surface area contributed by atoms with E-state index in [1.807, 2.05) is 0 Å². The van der Waals surface area contributed by atoms with E-state index in [0.717, 1.165) is 32.0 Å². The third kappa shape index (κ3) is 1.84. The predicted molar refractivity (Wildman–Crippen MR) is 70.7 cm³/mol. The van der Waals surface area contributed by atoms with Gasteiger partial charge in [0.25, 0.3) is 0 Å². The molecule has 0 aromatic carbocycles. The van der Waals surface area contributed by atoms with Gasteiger partial charge in [0.05, 0.1) is 5.56 Å². The van der Waals surface area contributed by atoms with Gasteiger partial charge in [-0.15, -0.1) is 0 Å². The van der Waals surface area contributed by atoms with Crippen molar-refractivity contribution in [2.45, 2.75) is 12.8 Å². The highest BCUT2D eigenvalue weighted by atomic mass is 35.5. The van der Waals surface area contributed by atoms with Gasteiger partial charge in [-0.2, -0.15) is 5.26 Å². The van der Waals surface area contributed by atoms with Crippen molar-refractivity contribution in [1.82, 2.24) is 10.3 Å². The molecule has 94 valence electrons. The first-order valence-electron chi connectivity index (χ1n) is 6.24. The molecule has 5 heteroatoms. The van der Waals surface area contributed by atoms with Crippen LogP contribution in [0.2, 0.25) is 5.02 Å². The van der Waals surface area contributed by atoms with Crippen LogP contribution in [0.15, 0.2) is 12.3 Å². The van der Waals surface area contributed by atoms with Crippen molar-refractivity contribution in [2.75, 3.05) is 31.1 Å². The number of aromatic nitrogens is 1. The van der Waals surface area contributed by atoms with Crippen LogP contribution in [0.3, 0.4) is 0 Å². The van der Waals surface area contributed by atoms with Crippen LogP contribution < -0.4 is 10.2 Å². The summed E-state index contributed by atoms with van der Waals surface area (Å²) in [6, 6.07) is 3.77. The molecule has 0 aliphatic carbocycles. The van der Waals surface area contributed by atoms with Crippen LogP contribution in [-0.4, -0.2) is 31.2 Å². The smallest absolute Gasteiger partial charge is 0.148 e. The maximum absolute atomic E-state index is 9.00. The third-order valence-electron chi connectivity index (χ3n) is 4.06. The lowest BCUT2D eigenvalue weighted by molar-refractivity contribution is 0.369. The molecule has 1 spiro atoms. The standard InChI is InChI=1S/C13H15ClN4/c14-11-10(7-15)1-4-17-12(11)18-6-3-13(9-18)2-5-16-8-13/h1,4,16H,2-3,5-6,8-9H2. The van der Waals surface area contributed by atoms with Crippen molar-refractivity contribution in [3.63, 3.8) is 0 Å². The fourth-order valence-corrected chi connectivity index (χ4v) is 3.27. The normalized spacial score (nSPS) is 26.8. The summed E-state index contributed by atoms with van der Waals surface area (Å²) in [6.07, 6.45) is 4.06. The Kier molecular flexibility index (Phi) is 2.89. The van der Waals surface area contributed by atoms with Crippen LogP contribution in [0.25, 0.3) is 0 Å². The van der Waals surface area contributed by atoms with Crippen LogP contribution in [0.1, 0.15) is 18.4 Å². The summed E-state index contributed by atoms with van der Waals surface area (Å²) in [5, 5.41) is 12.9. The predicted octanol–water partition coefficient (Wildman–Crippen LogP) is 1.80. The molecule has 0 bridgehead atoms. The van der Waals surface area contributed by atoms with Crippen LogP contribution in [-0.2, 0) is 0 Å². The van der Waals surface area contributed by atoms with E-state index in [9.17, 15) is 0 Å². The van der Waals surface area contributed by atoms with E-state index in [4.69, 9.17) is 16.9 Å². The molecule has 2 aliphatic rings. The molecule has 2 aliphatic heterocycles. The fraction of sp³-hybridized carbons (Fsp3) is 0.538. The molecule has 1 N–H and O–H groups in total. The van der Waals surface area contributed by atoms with Gasteiger partial charge < -0.3 is 10.2 Å². The van der Waals surface area contributed by atoms with Crippen molar-refractivity contribution in [3.05, 3.63) is 22.8 Å². The highest BCUT2D eigenvalue weighted by Crippen LogP contribution is 2.39. The molecule has 18 heavy (non-hydrogen) atoms. The SMILES string of the molecule is N#Cc1ccnc(N2CCC3(CCNC3)C2)c1Cl. The molecular weight excluding hydrogens is 248 g/mol. The second-order valence-corrected chi connectivity index (χ2v) is 5.58. The van der Waals surface area contributed by atoms with E-state index in [2.05, 4.69) is 21.3 Å². The lowest BCUT2D eigenvalue weighted by atomic mass is 9.87. The number of pyridine rings is 1. The van der Waals surface area contributed by atoms with E-state index in [1.54, 1.807) is 12.3 Å². The maximum atomic E-state index is 9.00. The van der Waals surface area contributed by atoms with E-state index < -0.39 is 0 Å². The topological polar surface area (TPSA) is 52.0 Å². The molecule has 1 atom stereocenters. The van der Waals surface area contributed by atoms with Gasteiger partial charge in [-0.1, -0.05) is 11.6 Å². The van der Waals surface area contributed by atoms with Gasteiger partial charge in [-0.05, 0) is 25.5 Å². The number of hydrogen-bond donors (Lipinski definition) is 1. The van der Waals surface area contributed by atoms with Gasteiger partial charge in [0.15, 0.2) is 0 Å². The van der Waals surface area contributed by atoms with Crippen molar-refractivity contribution in [1.29, 1.82) is 5.26 Å². The first-order chi connectivity index (χ1) is 8.74. The average molecular weight is 263 g/mol. The molecule has 0 amide bonds. The summed E-state index contributed by atoms with van der Waals surface area (Å²) in [7, 11) is 0. The van der Waals surface area contributed by atoms with Crippen LogP contribution in [0.5, 0.6) is 0 Å². The third-order valence-corrected chi connectivity index (χ3v) is 4.43. The number of rotatable bonds is 1. The van der Waals surface area contributed by atoms with E-state index in [1.165, 1.54) is 12.8 Å². The van der Waals surface area contributed by atoms with Gasteiger partial charge in [0, 0.05) is 31.2 Å². The van der Waals surface area contributed by atoms with Crippen molar-refractivity contribution in [2.24, 2.45) is 5.41 Å². The largest absolute Gasteiger partial charge is 0.355 e. The molecular formula is C13H15ClN4. The van der Waals surface area contributed by atoms with Crippen molar-refractivity contribution in [3.8, 4) is 6.07 Å². The van der Waals surface area contributed by atoms with Crippen LogP contribution in [0, 0.1) is 16.7 Å². The van der Waals surface area contributed by atoms with Crippen molar-refractivity contribution < 1.29 is 0 Å². The molecule has 1 aromatic heterocycles. The number of nitrogens with one attached hydrogen (secondary N) is 1. The molecule has 2 saturated heterocycles. The Morgan fingerprint density at radius 1 is 1.50 bits per heavy atom. The zero-order valence-corrected chi connectivity index (χ0v) is 10.9. The Morgan fingerprint density at radius 3 is 3.11 bits per heavy atom. The minimum atomic E-state index is 0.383. The summed E-state index contributed by atoms with van der Waals surface area (Å²) < 4.78 is 0. The molecule has 2 fully saturated rings. The Bertz CT molecular complexity index is 502. The first-order valence-corrected chi connectivity index (χ1v) is 6.62. The van der Waals surface area contributed by atoms with Crippen LogP contribution in [0.4, 0.5) is 5.82 Å².